The molecule has 4 rings (SSSR count). The average molecular weight is 777 g/mol. The number of ether oxygens (including phenoxy) is 4. The molecule has 1 aromatic rings. The van der Waals surface area contributed by atoms with Crippen molar-refractivity contribution >= 4 is 23.7 Å². The van der Waals surface area contributed by atoms with Crippen LogP contribution in [-0.4, -0.2) is 175 Å². The number of hydrogen-bond donors (Lipinski definition) is 10. The molecular weight excluding hydrogens is 724 g/mol. The lowest BCUT2D eigenvalue weighted by atomic mass is 9.83. The highest BCUT2D eigenvalue weighted by molar-refractivity contribution is 5.89. The van der Waals surface area contributed by atoms with Gasteiger partial charge in [0.15, 0.2) is 12.6 Å². The number of aliphatic hydroxyl groups is 6. The van der Waals surface area contributed by atoms with E-state index >= 15 is 0 Å². The van der Waals surface area contributed by atoms with Crippen LogP contribution in [0.3, 0.4) is 0 Å². The van der Waals surface area contributed by atoms with Gasteiger partial charge in [-0.25, -0.2) is 4.79 Å². The minimum absolute atomic E-state index is 0.0196. The summed E-state index contributed by atoms with van der Waals surface area (Å²) in [5, 5.41) is 84.7. The molecule has 3 aliphatic heterocycles. The largest absolute Gasteiger partial charge is 0.492 e. The molecule has 306 valence electrons. The van der Waals surface area contributed by atoms with Gasteiger partial charge in [0, 0.05) is 51.2 Å². The van der Waals surface area contributed by atoms with Crippen LogP contribution in [-0.2, 0) is 38.1 Å². The molecular formula is C33H52N4O17. The Kier molecular flexibility index (Phi) is 15.8. The highest BCUT2D eigenvalue weighted by atomic mass is 16.7. The molecule has 54 heavy (non-hydrogen) atoms. The first-order valence-corrected chi connectivity index (χ1v) is 17.9. The lowest BCUT2D eigenvalue weighted by molar-refractivity contribution is -0.292. The van der Waals surface area contributed by atoms with E-state index in [0.29, 0.717) is 4.73 Å². The third-order valence-corrected chi connectivity index (χ3v) is 9.63. The number of piperidine rings is 1. The molecule has 1 aromatic heterocycles. The lowest BCUT2D eigenvalue weighted by Crippen LogP contribution is -2.57. The second kappa shape index (κ2) is 19.8. The number of amides is 3. The Bertz CT molecular complexity index is 1390. The summed E-state index contributed by atoms with van der Waals surface area (Å²) < 4.78 is 22.3. The summed E-state index contributed by atoms with van der Waals surface area (Å²) in [6.07, 6.45) is -12.3. The van der Waals surface area contributed by atoms with Crippen LogP contribution >= 0.6 is 0 Å². The number of rotatable bonds is 16. The van der Waals surface area contributed by atoms with Gasteiger partial charge < -0.3 is 80.2 Å². The maximum absolute atomic E-state index is 13.5. The van der Waals surface area contributed by atoms with Crippen molar-refractivity contribution in [2.24, 2.45) is 11.8 Å². The molecule has 3 fully saturated rings. The number of carbonyl (C=O) groups excluding carboxylic acids is 4. The molecule has 3 saturated heterocycles. The fourth-order valence-electron chi connectivity index (χ4n) is 6.37. The van der Waals surface area contributed by atoms with Crippen LogP contribution in [0.25, 0.3) is 0 Å². The summed E-state index contributed by atoms with van der Waals surface area (Å²) >= 11 is 0. The summed E-state index contributed by atoms with van der Waals surface area (Å²) in [6.45, 7) is 2.56. The second-order valence-corrected chi connectivity index (χ2v) is 13.5. The Morgan fingerprint density at radius 3 is 1.72 bits per heavy atom. The predicted molar refractivity (Wildman–Crippen MR) is 179 cm³/mol. The number of nitrogens with zero attached hydrogens (tertiary/aromatic N) is 2. The van der Waals surface area contributed by atoms with E-state index in [1.165, 1.54) is 18.7 Å². The smallest absolute Gasteiger partial charge is 0.333 e. The summed E-state index contributed by atoms with van der Waals surface area (Å²) in [5.41, 5.74) is 0. The minimum Gasteiger partial charge on any atom is -0.492 e. The number of likely N-dealkylation sites (tertiary alicyclic amines) is 1. The van der Waals surface area contributed by atoms with Crippen LogP contribution in [0.15, 0.2) is 12.1 Å². The van der Waals surface area contributed by atoms with Gasteiger partial charge in [0.05, 0.1) is 37.3 Å². The van der Waals surface area contributed by atoms with E-state index in [4.69, 9.17) is 23.8 Å². The molecule has 0 aliphatic carbocycles. The summed E-state index contributed by atoms with van der Waals surface area (Å²) in [6, 6.07) is 2.28. The SMILES string of the molecule is C[C@@H]1O[C@@H](OCCNC(=O)C2CCN(C(=O)CCCCC(=O)On3c(O)ccc3O)C[C@@H]2C(=O)NCCO[C@@H]2O[C@@H](C)[C@@H](O)[C@@H](O)[C@@H]2O)[C@@H](O)[C@H](O)[C@@H]1O. The van der Waals surface area contributed by atoms with Gasteiger partial charge in [-0.2, -0.15) is 0 Å². The van der Waals surface area contributed by atoms with Crippen molar-refractivity contribution in [3.8, 4) is 11.8 Å². The third-order valence-electron chi connectivity index (χ3n) is 9.63. The first-order valence-electron chi connectivity index (χ1n) is 17.9. The number of hydrogen-bond acceptors (Lipinski definition) is 17. The molecule has 0 radical (unpaired) electrons. The number of aliphatic hydroxyl groups excluding tert-OH is 6. The predicted octanol–water partition coefficient (Wildman–Crippen LogP) is -4.20. The van der Waals surface area contributed by atoms with Gasteiger partial charge in [-0.3, -0.25) is 14.4 Å². The zero-order chi connectivity index (χ0) is 39.7. The van der Waals surface area contributed by atoms with Gasteiger partial charge in [0.2, 0.25) is 29.5 Å². The zero-order valence-corrected chi connectivity index (χ0v) is 30.0. The van der Waals surface area contributed by atoms with E-state index in [0.717, 1.165) is 12.1 Å². The van der Waals surface area contributed by atoms with Crippen molar-refractivity contribution in [3.63, 3.8) is 0 Å². The van der Waals surface area contributed by atoms with Gasteiger partial charge in [-0.15, -0.1) is 4.73 Å². The Hall–Kier alpha value is -3.64. The number of aromatic hydroxyl groups is 2. The number of unbranched alkanes of at least 4 members (excludes halogenated alkanes) is 1. The van der Waals surface area contributed by atoms with Crippen LogP contribution in [0.4, 0.5) is 0 Å². The molecule has 10 N–H and O–H groups in total. The van der Waals surface area contributed by atoms with Gasteiger partial charge >= 0.3 is 5.97 Å². The number of aromatic nitrogens is 1. The zero-order valence-electron chi connectivity index (χ0n) is 30.0. The molecule has 0 aromatic carbocycles. The molecule has 21 heteroatoms. The van der Waals surface area contributed by atoms with Crippen molar-refractivity contribution < 1.29 is 83.8 Å². The van der Waals surface area contributed by atoms with Crippen molar-refractivity contribution in [1.29, 1.82) is 0 Å². The van der Waals surface area contributed by atoms with Crippen LogP contribution in [0.1, 0.15) is 46.0 Å². The summed E-state index contributed by atoms with van der Waals surface area (Å²) in [4.78, 5) is 58.5. The molecule has 1 unspecified atom stereocenters. The first kappa shape index (κ1) is 43.1. The third kappa shape index (κ3) is 11.0. The van der Waals surface area contributed by atoms with E-state index in [-0.39, 0.29) is 77.4 Å². The summed E-state index contributed by atoms with van der Waals surface area (Å²) in [7, 11) is 0. The van der Waals surface area contributed by atoms with Crippen molar-refractivity contribution in [1.82, 2.24) is 20.3 Å². The lowest BCUT2D eigenvalue weighted by Gasteiger charge is -2.39. The van der Waals surface area contributed by atoms with E-state index in [1.54, 1.807) is 0 Å². The topological polar surface area (TPSA) is 308 Å². The van der Waals surface area contributed by atoms with Crippen LogP contribution in [0.2, 0.25) is 0 Å². The fraction of sp³-hybridized carbons (Fsp3) is 0.758. The Labute approximate surface area is 310 Å². The van der Waals surface area contributed by atoms with Crippen LogP contribution in [0, 0.1) is 11.8 Å². The molecule has 0 saturated carbocycles. The van der Waals surface area contributed by atoms with E-state index in [1.807, 2.05) is 0 Å². The minimum atomic E-state index is -1.54. The molecule has 0 bridgehead atoms. The molecule has 0 spiro atoms. The molecule has 12 atom stereocenters. The number of carbonyl (C=O) groups is 4. The molecule has 21 nitrogen and oxygen atoms in total. The first-order chi connectivity index (χ1) is 25.6. The van der Waals surface area contributed by atoms with Gasteiger partial charge in [0.25, 0.3) is 0 Å². The summed E-state index contributed by atoms with van der Waals surface area (Å²) in [5.74, 6) is -4.95. The standard InChI is InChI=1S/C33H52N4O17/c1-16-24(42)26(44)28(46)32(52-16)50-13-10-34-30(48)18-9-12-36(20(38)5-3-4-6-23(41)54-37-21(39)7-8-22(37)40)15-19(18)31(49)35-11-14-51-33-29(47)27(45)25(43)17(2)53-33/h7-8,16-19,24-29,32-33,39-40,42-47H,3-6,9-15H2,1-2H3,(H,34,48)(H,35,49)/t16-,17-,18?,19-,24+,25+,26+,27+,28-,29-,32+,33+/m0/s1. The maximum atomic E-state index is 13.5. The van der Waals surface area contributed by atoms with Crippen molar-refractivity contribution in [3.05, 3.63) is 12.1 Å². The van der Waals surface area contributed by atoms with Crippen LogP contribution in [0.5, 0.6) is 11.8 Å². The molecule has 3 aliphatic rings. The molecule has 4 heterocycles. The highest BCUT2D eigenvalue weighted by Gasteiger charge is 2.44. The van der Waals surface area contributed by atoms with Gasteiger partial charge in [-0.1, -0.05) is 0 Å². The van der Waals surface area contributed by atoms with E-state index in [9.17, 15) is 60.0 Å². The Morgan fingerprint density at radius 2 is 1.20 bits per heavy atom. The maximum Gasteiger partial charge on any atom is 0.333 e. The van der Waals surface area contributed by atoms with Crippen molar-refractivity contribution in [2.75, 3.05) is 39.4 Å². The Morgan fingerprint density at radius 1 is 0.722 bits per heavy atom. The second-order valence-electron chi connectivity index (χ2n) is 13.5. The average Bonchev–Trinajstić information content (AvgIpc) is 3.47. The van der Waals surface area contributed by atoms with Crippen molar-refractivity contribution in [2.45, 2.75) is 107 Å². The highest BCUT2D eigenvalue weighted by Crippen LogP contribution is 2.27. The monoisotopic (exact) mass is 776 g/mol. The van der Waals surface area contributed by atoms with Gasteiger partial charge in [0.1, 0.15) is 36.6 Å². The normalized spacial score (nSPS) is 32.9. The van der Waals surface area contributed by atoms with Crippen LogP contribution < -0.4 is 15.5 Å². The fourth-order valence-corrected chi connectivity index (χ4v) is 6.37. The Balaban J connectivity index is 1.28. The van der Waals surface area contributed by atoms with E-state index < -0.39 is 103 Å². The quantitative estimate of drug-likeness (QED) is 0.0712. The van der Waals surface area contributed by atoms with Gasteiger partial charge in [-0.05, 0) is 33.1 Å². The van der Waals surface area contributed by atoms with E-state index in [2.05, 4.69) is 10.6 Å². The number of nitrogens with one attached hydrogen (secondary N) is 2. The molecule has 3 amide bonds.